The van der Waals surface area contributed by atoms with Crippen LogP contribution in [0.4, 0.5) is 5.82 Å². The van der Waals surface area contributed by atoms with E-state index in [1.807, 2.05) is 20.2 Å². The highest BCUT2D eigenvalue weighted by Crippen LogP contribution is 2.42. The van der Waals surface area contributed by atoms with Crippen molar-refractivity contribution < 1.29 is 4.74 Å². The number of nitrogen functional groups attached to an aromatic ring is 1. The van der Waals surface area contributed by atoms with Crippen LogP contribution >= 0.6 is 0 Å². The Kier molecular flexibility index (Phi) is 3.40. The standard InChI is InChI=1S/C14H19N5O/c1-3-20-13(9-4-5-9)14-17-11(6-12(15)18-14)10-7-16-19(2)8-10/h6-9,13H,3-5H2,1-2H3,(H2,15,17,18). The van der Waals surface area contributed by atoms with Crippen LogP contribution in [0.5, 0.6) is 0 Å². The molecule has 0 spiro atoms. The quantitative estimate of drug-likeness (QED) is 0.900. The summed E-state index contributed by atoms with van der Waals surface area (Å²) in [5.41, 5.74) is 7.66. The predicted octanol–water partition coefficient (Wildman–Crippen LogP) is 1.95. The van der Waals surface area contributed by atoms with Crippen LogP contribution in [0.1, 0.15) is 31.7 Å². The van der Waals surface area contributed by atoms with Crippen LogP contribution in [-0.2, 0) is 11.8 Å². The van der Waals surface area contributed by atoms with E-state index >= 15 is 0 Å². The second kappa shape index (κ2) is 5.20. The zero-order valence-corrected chi connectivity index (χ0v) is 11.8. The van der Waals surface area contributed by atoms with Gasteiger partial charge in [-0.1, -0.05) is 0 Å². The molecule has 0 radical (unpaired) electrons. The van der Waals surface area contributed by atoms with Crippen LogP contribution in [0.3, 0.4) is 0 Å². The monoisotopic (exact) mass is 273 g/mol. The summed E-state index contributed by atoms with van der Waals surface area (Å²) in [5, 5.41) is 4.17. The van der Waals surface area contributed by atoms with Crippen molar-refractivity contribution in [2.45, 2.75) is 25.9 Å². The molecule has 1 aliphatic rings. The molecule has 1 unspecified atom stereocenters. The van der Waals surface area contributed by atoms with E-state index in [-0.39, 0.29) is 6.10 Å². The summed E-state index contributed by atoms with van der Waals surface area (Å²) < 4.78 is 7.55. The van der Waals surface area contributed by atoms with Crippen molar-refractivity contribution in [1.82, 2.24) is 19.7 Å². The molecule has 1 atom stereocenters. The molecule has 2 aromatic rings. The number of rotatable bonds is 5. The SMILES string of the molecule is CCOC(c1nc(N)cc(-c2cnn(C)c2)n1)C1CC1. The van der Waals surface area contributed by atoms with Gasteiger partial charge in [0.2, 0.25) is 0 Å². The van der Waals surface area contributed by atoms with Gasteiger partial charge in [0, 0.05) is 31.5 Å². The van der Waals surface area contributed by atoms with E-state index in [4.69, 9.17) is 10.5 Å². The summed E-state index contributed by atoms with van der Waals surface area (Å²) in [6, 6.07) is 1.77. The first kappa shape index (κ1) is 13.1. The van der Waals surface area contributed by atoms with E-state index in [0.717, 1.165) is 11.3 Å². The highest BCUT2D eigenvalue weighted by molar-refractivity contribution is 5.60. The lowest BCUT2D eigenvalue weighted by Crippen LogP contribution is -2.12. The van der Waals surface area contributed by atoms with E-state index in [1.54, 1.807) is 16.9 Å². The first-order valence-corrected chi connectivity index (χ1v) is 6.92. The Bertz CT molecular complexity index is 605. The van der Waals surface area contributed by atoms with E-state index in [1.165, 1.54) is 12.8 Å². The van der Waals surface area contributed by atoms with Gasteiger partial charge in [0.15, 0.2) is 5.82 Å². The van der Waals surface area contributed by atoms with Crippen molar-refractivity contribution >= 4 is 5.82 Å². The molecule has 0 amide bonds. The molecule has 2 aromatic heterocycles. The molecular weight excluding hydrogens is 254 g/mol. The summed E-state index contributed by atoms with van der Waals surface area (Å²) in [4.78, 5) is 8.99. The summed E-state index contributed by atoms with van der Waals surface area (Å²) in [7, 11) is 1.88. The number of anilines is 1. The van der Waals surface area contributed by atoms with Crippen molar-refractivity contribution in [2.75, 3.05) is 12.3 Å². The topological polar surface area (TPSA) is 78.9 Å². The molecule has 2 heterocycles. The van der Waals surface area contributed by atoms with Gasteiger partial charge in [-0.25, -0.2) is 9.97 Å². The second-order valence-corrected chi connectivity index (χ2v) is 5.15. The zero-order valence-electron chi connectivity index (χ0n) is 11.8. The minimum absolute atomic E-state index is 0.0427. The summed E-state index contributed by atoms with van der Waals surface area (Å²) in [6.07, 6.45) is 5.99. The molecule has 1 aliphatic carbocycles. The van der Waals surface area contributed by atoms with Gasteiger partial charge in [0.25, 0.3) is 0 Å². The lowest BCUT2D eigenvalue weighted by atomic mass is 10.2. The van der Waals surface area contributed by atoms with Crippen LogP contribution in [0.15, 0.2) is 18.5 Å². The number of nitrogens with zero attached hydrogens (tertiary/aromatic N) is 4. The van der Waals surface area contributed by atoms with Gasteiger partial charge in [0.05, 0.1) is 11.9 Å². The van der Waals surface area contributed by atoms with Crippen molar-refractivity contribution in [3.05, 3.63) is 24.3 Å². The van der Waals surface area contributed by atoms with Gasteiger partial charge < -0.3 is 10.5 Å². The molecule has 1 saturated carbocycles. The molecule has 6 heteroatoms. The van der Waals surface area contributed by atoms with Gasteiger partial charge in [-0.2, -0.15) is 5.10 Å². The molecular formula is C14H19N5O. The molecule has 6 nitrogen and oxygen atoms in total. The number of nitrogens with two attached hydrogens (primary N) is 1. The van der Waals surface area contributed by atoms with Crippen molar-refractivity contribution in [3.63, 3.8) is 0 Å². The largest absolute Gasteiger partial charge is 0.384 e. The van der Waals surface area contributed by atoms with Crippen LogP contribution in [-0.4, -0.2) is 26.4 Å². The first-order chi connectivity index (χ1) is 9.67. The van der Waals surface area contributed by atoms with Crippen molar-refractivity contribution in [3.8, 4) is 11.3 Å². The Hall–Kier alpha value is -1.95. The molecule has 0 saturated heterocycles. The number of aryl methyl sites for hydroxylation is 1. The third-order valence-corrected chi connectivity index (χ3v) is 3.41. The maximum atomic E-state index is 5.92. The smallest absolute Gasteiger partial charge is 0.160 e. The second-order valence-electron chi connectivity index (χ2n) is 5.15. The average molecular weight is 273 g/mol. The molecule has 0 bridgehead atoms. The van der Waals surface area contributed by atoms with E-state index < -0.39 is 0 Å². The van der Waals surface area contributed by atoms with Crippen LogP contribution in [0.25, 0.3) is 11.3 Å². The zero-order chi connectivity index (χ0) is 14.1. The number of aromatic nitrogens is 4. The maximum absolute atomic E-state index is 5.92. The molecule has 3 rings (SSSR count). The minimum atomic E-state index is -0.0427. The summed E-state index contributed by atoms with van der Waals surface area (Å²) in [6.45, 7) is 2.64. The fraction of sp³-hybridized carbons (Fsp3) is 0.500. The molecule has 0 aliphatic heterocycles. The third-order valence-electron chi connectivity index (χ3n) is 3.41. The Morgan fingerprint density at radius 1 is 1.45 bits per heavy atom. The summed E-state index contributed by atoms with van der Waals surface area (Å²) in [5.74, 6) is 1.69. The van der Waals surface area contributed by atoms with E-state index in [2.05, 4.69) is 15.1 Å². The average Bonchev–Trinajstić information content (AvgIpc) is 3.16. The van der Waals surface area contributed by atoms with E-state index in [0.29, 0.717) is 24.2 Å². The number of ether oxygens (including phenoxy) is 1. The fourth-order valence-electron chi connectivity index (χ4n) is 2.31. The normalized spacial score (nSPS) is 16.3. The summed E-state index contributed by atoms with van der Waals surface area (Å²) >= 11 is 0. The Labute approximate surface area is 118 Å². The number of hydrogen-bond donors (Lipinski definition) is 1. The highest BCUT2D eigenvalue weighted by atomic mass is 16.5. The third kappa shape index (κ3) is 2.65. The van der Waals surface area contributed by atoms with E-state index in [9.17, 15) is 0 Å². The number of hydrogen-bond acceptors (Lipinski definition) is 5. The molecule has 20 heavy (non-hydrogen) atoms. The Morgan fingerprint density at radius 2 is 2.25 bits per heavy atom. The van der Waals surface area contributed by atoms with Crippen molar-refractivity contribution in [1.29, 1.82) is 0 Å². The highest BCUT2D eigenvalue weighted by Gasteiger charge is 2.35. The lowest BCUT2D eigenvalue weighted by Gasteiger charge is -2.15. The molecule has 1 fully saturated rings. The van der Waals surface area contributed by atoms with Gasteiger partial charge in [0.1, 0.15) is 11.9 Å². The predicted molar refractivity (Wildman–Crippen MR) is 75.7 cm³/mol. The Morgan fingerprint density at radius 3 is 2.85 bits per heavy atom. The van der Waals surface area contributed by atoms with Crippen LogP contribution < -0.4 is 5.73 Å². The maximum Gasteiger partial charge on any atom is 0.160 e. The van der Waals surface area contributed by atoms with Gasteiger partial charge in [-0.3, -0.25) is 4.68 Å². The van der Waals surface area contributed by atoms with Crippen LogP contribution in [0.2, 0.25) is 0 Å². The minimum Gasteiger partial charge on any atom is -0.384 e. The fourth-order valence-corrected chi connectivity index (χ4v) is 2.31. The Balaban J connectivity index is 1.97. The van der Waals surface area contributed by atoms with Gasteiger partial charge in [-0.15, -0.1) is 0 Å². The van der Waals surface area contributed by atoms with Crippen LogP contribution in [0, 0.1) is 5.92 Å². The molecule has 2 N–H and O–H groups in total. The lowest BCUT2D eigenvalue weighted by molar-refractivity contribution is 0.0402. The first-order valence-electron chi connectivity index (χ1n) is 6.92. The molecule has 0 aromatic carbocycles. The van der Waals surface area contributed by atoms with Crippen molar-refractivity contribution in [2.24, 2.45) is 13.0 Å². The van der Waals surface area contributed by atoms with Gasteiger partial charge in [-0.05, 0) is 25.7 Å². The molecule has 106 valence electrons. The van der Waals surface area contributed by atoms with Gasteiger partial charge >= 0.3 is 0 Å².